The van der Waals surface area contributed by atoms with Crippen molar-refractivity contribution in [2.45, 2.75) is 11.0 Å². The maximum Gasteiger partial charge on any atom is 0.193 e. The van der Waals surface area contributed by atoms with Gasteiger partial charge in [-0.2, -0.15) is 0 Å². The van der Waals surface area contributed by atoms with Crippen molar-refractivity contribution in [3.8, 4) is 33.4 Å². The van der Waals surface area contributed by atoms with E-state index >= 15 is 0 Å². The lowest BCUT2D eigenvalue weighted by molar-refractivity contribution is 0.103. The van der Waals surface area contributed by atoms with Crippen molar-refractivity contribution in [1.29, 1.82) is 0 Å². The van der Waals surface area contributed by atoms with Crippen LogP contribution in [0.5, 0.6) is 0 Å². The average molecular weight is 1410 g/mol. The molecule has 12 aromatic rings. The van der Waals surface area contributed by atoms with Crippen LogP contribution in [-0.4, -0.2) is 10.9 Å². The van der Waals surface area contributed by atoms with E-state index in [4.69, 9.17) is 34.8 Å². The first-order valence-corrected chi connectivity index (χ1v) is 31.1. The molecule has 0 amide bonds. The molecule has 0 saturated heterocycles. The molecule has 1 aliphatic carbocycles. The Morgan fingerprint density at radius 1 is 0.333 bits per heavy atom. The lowest BCUT2D eigenvalue weighted by atomic mass is 9.68. The van der Waals surface area contributed by atoms with Crippen LogP contribution >= 0.6 is 98.5 Å². The van der Waals surface area contributed by atoms with Gasteiger partial charge in [0.25, 0.3) is 0 Å². The third kappa shape index (κ3) is 13.0. The smallest absolute Gasteiger partial charge is 0.193 e. The van der Waals surface area contributed by atoms with Crippen LogP contribution in [-0.2, 0) is 11.0 Å². The fourth-order valence-corrected chi connectivity index (χ4v) is 13.6. The van der Waals surface area contributed by atoms with Crippen molar-refractivity contribution in [3.05, 3.63) is 386 Å². The zero-order valence-electron chi connectivity index (χ0n) is 44.9. The maximum atomic E-state index is 12.2. The van der Waals surface area contributed by atoms with E-state index in [0.717, 1.165) is 78.0 Å². The Hall–Kier alpha value is -6.94. The molecule has 0 spiro atoms. The van der Waals surface area contributed by atoms with Crippen LogP contribution in [0.2, 0.25) is 15.1 Å². The zero-order valence-corrected chi connectivity index (χ0v) is 53.5. The van der Waals surface area contributed by atoms with Gasteiger partial charge in [0.15, 0.2) is 5.78 Å². The van der Waals surface area contributed by atoms with Crippen molar-refractivity contribution in [1.82, 2.24) is 0 Å². The Morgan fingerprint density at radius 3 is 1.18 bits per heavy atom. The van der Waals surface area contributed by atoms with Gasteiger partial charge in [-0.3, -0.25) is 4.79 Å². The molecule has 0 unspecified atom stereocenters. The molecule has 0 radical (unpaired) electrons. The SMILES string of the molecule is Clc1ccc(-c2ccccc2Br)c(Br)c1.Clc1ccc2c(c1)C(c1ccccc1)(c1ccccc1)c1cccc(Br)c1-2.O=C(c1ccccc1)c1ccccc1.OC(c1ccccc1)(c1ccccc1)c1cc(Cl)ccc1-c1ccccc1Br. The molecule has 0 fully saturated rings. The van der Waals surface area contributed by atoms with Gasteiger partial charge in [0.1, 0.15) is 5.60 Å². The summed E-state index contributed by atoms with van der Waals surface area (Å²) in [5.41, 5.74) is 13.7. The number of hydrogen-bond donors (Lipinski definition) is 1. The molecule has 0 saturated carbocycles. The van der Waals surface area contributed by atoms with E-state index < -0.39 is 5.60 Å². The second-order valence-electron chi connectivity index (χ2n) is 19.6. The summed E-state index contributed by atoms with van der Waals surface area (Å²) >= 11 is 33.3. The normalized spacial score (nSPS) is 11.7. The first-order valence-electron chi connectivity index (χ1n) is 26.8. The van der Waals surface area contributed by atoms with Crippen molar-refractivity contribution in [3.63, 3.8) is 0 Å². The standard InChI is InChI=1S/C25H18BrClO.C25H16BrCl.C13H10O.C12H7Br2Cl/c26-24-14-8-7-13-22(24)21-16-15-20(27)17-23(21)25(28,18-9-3-1-4-10-18)19-11-5-2-6-12-19;26-23-13-7-12-21-24(23)20-15-14-19(27)16-22(20)25(21,17-8-3-1-4-9-17)18-10-5-2-6-11-18;14-13(11-7-3-1-4-8-11)12-9-5-2-6-10-12;13-11-4-2-1-3-9(11)10-6-5-8(15)7-12(10)14/h1-17,28H;1-16H;1-10H;1-7H. The Kier molecular flexibility index (Phi) is 20.0. The van der Waals surface area contributed by atoms with Crippen LogP contribution in [0.25, 0.3) is 33.4 Å². The van der Waals surface area contributed by atoms with Crippen molar-refractivity contribution in [2.75, 3.05) is 0 Å². The monoisotopic (exact) mass is 1400 g/mol. The van der Waals surface area contributed by atoms with Crippen LogP contribution in [0.3, 0.4) is 0 Å². The molecule has 13 rings (SSSR count). The van der Waals surface area contributed by atoms with Crippen molar-refractivity contribution >= 4 is 104 Å². The molecule has 1 aliphatic rings. The van der Waals surface area contributed by atoms with Crippen molar-refractivity contribution < 1.29 is 9.90 Å². The summed E-state index contributed by atoms with van der Waals surface area (Å²) in [5.74, 6) is 0.0752. The Balaban J connectivity index is 0.000000131. The summed E-state index contributed by atoms with van der Waals surface area (Å²) in [6, 6.07) is 99.8. The minimum atomic E-state index is -1.35. The largest absolute Gasteiger partial charge is 0.376 e. The predicted molar refractivity (Wildman–Crippen MR) is 365 cm³/mol. The van der Waals surface area contributed by atoms with E-state index in [9.17, 15) is 9.90 Å². The van der Waals surface area contributed by atoms with Gasteiger partial charge in [-0.25, -0.2) is 0 Å². The summed E-state index contributed by atoms with van der Waals surface area (Å²) in [7, 11) is 0. The number of hydrogen-bond acceptors (Lipinski definition) is 2. The topological polar surface area (TPSA) is 37.3 Å². The van der Waals surface area contributed by atoms with E-state index in [2.05, 4.69) is 161 Å². The van der Waals surface area contributed by atoms with Gasteiger partial charge >= 0.3 is 0 Å². The van der Waals surface area contributed by atoms with E-state index in [1.54, 1.807) is 0 Å². The van der Waals surface area contributed by atoms with Gasteiger partial charge < -0.3 is 5.11 Å². The molecule has 0 atom stereocenters. The van der Waals surface area contributed by atoms with Gasteiger partial charge in [0.2, 0.25) is 0 Å². The predicted octanol–water partition coefficient (Wildman–Crippen LogP) is 23.0. The maximum absolute atomic E-state index is 12.2. The lowest BCUT2D eigenvalue weighted by Crippen LogP contribution is -2.29. The molecule has 0 heterocycles. The zero-order chi connectivity index (χ0) is 58.6. The minimum Gasteiger partial charge on any atom is -0.376 e. The number of ketones is 1. The van der Waals surface area contributed by atoms with Gasteiger partial charge in [-0.15, -0.1) is 0 Å². The fraction of sp³-hybridized carbons (Fsp3) is 0.0267. The number of aliphatic hydroxyl groups is 1. The fourth-order valence-electron chi connectivity index (χ4n) is 10.8. The molecule has 12 aromatic carbocycles. The number of benzene rings is 12. The lowest BCUT2D eigenvalue weighted by Gasteiger charge is -2.34. The van der Waals surface area contributed by atoms with Crippen LogP contribution in [0.1, 0.15) is 54.9 Å². The van der Waals surface area contributed by atoms with Crippen LogP contribution < -0.4 is 0 Å². The first kappa shape index (κ1) is 60.2. The Morgan fingerprint density at radius 2 is 0.702 bits per heavy atom. The van der Waals surface area contributed by atoms with Gasteiger partial charge in [-0.1, -0.05) is 347 Å². The molecular weight excluding hydrogens is 1360 g/mol. The highest BCUT2D eigenvalue weighted by Gasteiger charge is 2.47. The molecule has 84 heavy (non-hydrogen) atoms. The Labute approximate surface area is 540 Å². The van der Waals surface area contributed by atoms with E-state index in [0.29, 0.717) is 5.02 Å². The van der Waals surface area contributed by atoms with Crippen LogP contribution in [0.15, 0.2) is 321 Å². The molecule has 9 heteroatoms. The summed E-state index contributed by atoms with van der Waals surface area (Å²) in [5, 5.41) is 14.3. The summed E-state index contributed by atoms with van der Waals surface area (Å²) in [4.78, 5) is 11.8. The van der Waals surface area contributed by atoms with E-state index in [1.807, 2.05) is 206 Å². The number of fused-ring (bicyclic) bond motifs is 3. The van der Waals surface area contributed by atoms with Crippen LogP contribution in [0, 0.1) is 0 Å². The third-order valence-electron chi connectivity index (χ3n) is 14.6. The molecular formula is C75H51Br4Cl3O2. The van der Waals surface area contributed by atoms with Gasteiger partial charge in [0.05, 0.1) is 5.41 Å². The van der Waals surface area contributed by atoms with Gasteiger partial charge in [-0.05, 0) is 116 Å². The van der Waals surface area contributed by atoms with E-state index in [-0.39, 0.29) is 11.2 Å². The number of halogens is 7. The second kappa shape index (κ2) is 27.8. The molecule has 0 bridgehead atoms. The highest BCUT2D eigenvalue weighted by molar-refractivity contribution is 9.11. The highest BCUT2D eigenvalue weighted by atomic mass is 79.9. The number of carbonyl (C=O) groups is 1. The summed E-state index contributed by atoms with van der Waals surface area (Å²) < 4.78 is 4.15. The average Bonchev–Trinajstić information content (AvgIpc) is 3.43. The molecule has 1 N–H and O–H groups in total. The molecule has 2 nitrogen and oxygen atoms in total. The number of rotatable bonds is 9. The van der Waals surface area contributed by atoms with Crippen LogP contribution in [0.4, 0.5) is 0 Å². The molecule has 412 valence electrons. The Bertz CT molecular complexity index is 4070. The van der Waals surface area contributed by atoms with Crippen molar-refractivity contribution in [2.24, 2.45) is 0 Å². The summed E-state index contributed by atoms with van der Waals surface area (Å²) in [6.07, 6.45) is 0. The molecule has 0 aromatic heterocycles. The van der Waals surface area contributed by atoms with Gasteiger partial charge in [0, 0.05) is 55.2 Å². The minimum absolute atomic E-state index is 0.0752. The molecule has 0 aliphatic heterocycles. The second-order valence-corrected chi connectivity index (χ2v) is 24.3. The third-order valence-corrected chi connectivity index (χ3v) is 18.0. The van der Waals surface area contributed by atoms with E-state index in [1.165, 1.54) is 33.4 Å². The highest BCUT2D eigenvalue weighted by Crippen LogP contribution is 2.58. The quantitative estimate of drug-likeness (QED) is 0.116. The number of carbonyl (C=O) groups excluding carboxylic acids is 1. The summed E-state index contributed by atoms with van der Waals surface area (Å²) in [6.45, 7) is 0. The first-order chi connectivity index (χ1) is 40.9.